The molecule has 414 valence electrons. The number of phenols is 1. The van der Waals surface area contributed by atoms with Crippen molar-refractivity contribution in [1.82, 2.24) is 42.2 Å². The number of nitrogens with one attached hydrogen (secondary N) is 8. The van der Waals surface area contributed by atoms with Gasteiger partial charge in [-0.05, 0) is 46.9 Å². The maximum absolute atomic E-state index is 14.5. The largest absolute Gasteiger partial charge is 0.508 e. The molecule has 0 aliphatic carbocycles. The average molecular weight is 1080 g/mol. The van der Waals surface area contributed by atoms with Gasteiger partial charge in [0.05, 0.1) is 25.4 Å². The van der Waals surface area contributed by atoms with Gasteiger partial charge < -0.3 is 69.0 Å². The van der Waals surface area contributed by atoms with Crippen molar-refractivity contribution in [3.8, 4) is 5.75 Å². The van der Waals surface area contributed by atoms with Crippen molar-refractivity contribution in [1.29, 1.82) is 0 Å². The highest BCUT2D eigenvalue weighted by atomic mass is 16.4. The normalized spacial score (nSPS) is 14.1. The lowest BCUT2D eigenvalue weighted by atomic mass is 9.92. The Labute approximate surface area is 449 Å². The molecule has 5 aromatic rings. The molecular weight excluding hydrogens is 1010 g/mol. The van der Waals surface area contributed by atoms with Crippen LogP contribution in [0.2, 0.25) is 0 Å². The molecule has 0 fully saturated rings. The van der Waals surface area contributed by atoms with Crippen LogP contribution in [0.3, 0.4) is 0 Å². The number of benzene rings is 4. The van der Waals surface area contributed by atoms with Crippen molar-refractivity contribution < 1.29 is 63.3 Å². The summed E-state index contributed by atoms with van der Waals surface area (Å²) in [7, 11) is 0. The molecule has 8 amide bonds. The van der Waals surface area contributed by atoms with Gasteiger partial charge in [0.25, 0.3) is 0 Å². The van der Waals surface area contributed by atoms with Crippen molar-refractivity contribution in [3.05, 3.63) is 138 Å². The molecule has 23 nitrogen and oxygen atoms in total. The van der Waals surface area contributed by atoms with Crippen LogP contribution in [-0.2, 0) is 67.2 Å². The minimum Gasteiger partial charge on any atom is -0.508 e. The van der Waals surface area contributed by atoms with E-state index in [2.05, 4.69) is 42.2 Å². The predicted molar refractivity (Wildman–Crippen MR) is 285 cm³/mol. The monoisotopic (exact) mass is 1070 g/mol. The molecule has 8 atom stereocenters. The molecular formula is C55H66N10O13. The Morgan fingerprint density at radius 1 is 0.564 bits per heavy atom. The van der Waals surface area contributed by atoms with E-state index in [1.165, 1.54) is 24.3 Å². The Morgan fingerprint density at radius 2 is 1.09 bits per heavy atom. The predicted octanol–water partition coefficient (Wildman–Crippen LogP) is 0.682. The number of unbranched alkanes of at least 4 members (excludes halogenated alkanes) is 1. The van der Waals surface area contributed by atoms with Gasteiger partial charge >= 0.3 is 11.9 Å². The molecule has 1 aromatic heterocycles. The zero-order valence-corrected chi connectivity index (χ0v) is 43.0. The van der Waals surface area contributed by atoms with Gasteiger partial charge in [-0.25, -0.2) is 0 Å². The van der Waals surface area contributed by atoms with Crippen LogP contribution in [0, 0.1) is 0 Å². The van der Waals surface area contributed by atoms with Crippen molar-refractivity contribution in [2.45, 2.75) is 113 Å². The summed E-state index contributed by atoms with van der Waals surface area (Å²) in [6.45, 7) is 2.72. The molecule has 15 N–H and O–H groups in total. The highest BCUT2D eigenvalue weighted by Crippen LogP contribution is 2.22. The standard InChI is InChI=1S/C55H66N10O13/c1-3-4-18-40(51(74)64-44(28-47(70)71)53(76)62-41(49(57)72)24-32-13-7-5-8-14-32)61-52(75)43(26-35-29-58-39-19-12-11-17-37(35)39)60-45(67)30-59-55(78)48(31(2)34-15-9-6-10-16-34)65-54(77)42(25-33-20-22-36(66)23-21-33)63-50(73)38(56)27-46(68)69/h5-17,19-23,29,31,38,40-44,48,58,66H,3-4,18,24-28,30,56H2,1-2H3,(H2,57,72)(H,59,78)(H,60,67)(H,61,75)(H,62,76)(H,63,73)(H,64,74)(H,65,77)(H,68,69)(H,70,71)/t31-,38+,40+,41+,42+,43+,44+,48+/m1/s1. The van der Waals surface area contributed by atoms with Crippen LogP contribution in [0.1, 0.15) is 74.1 Å². The summed E-state index contributed by atoms with van der Waals surface area (Å²) in [4.78, 5) is 136. The number of phenolic OH excluding ortho intramolecular Hbond substituents is 1. The molecule has 0 radical (unpaired) electrons. The summed E-state index contributed by atoms with van der Waals surface area (Å²) in [6, 6.07) is 19.9. The molecule has 0 saturated heterocycles. The molecule has 0 spiro atoms. The maximum Gasteiger partial charge on any atom is 0.305 e. The first-order chi connectivity index (χ1) is 37.2. The third kappa shape index (κ3) is 18.3. The fourth-order valence-corrected chi connectivity index (χ4v) is 8.46. The first kappa shape index (κ1) is 59.8. The minimum absolute atomic E-state index is 0.0124. The number of aromatic amines is 1. The van der Waals surface area contributed by atoms with Gasteiger partial charge in [0.15, 0.2) is 0 Å². The number of rotatable bonds is 30. The van der Waals surface area contributed by atoms with Crippen molar-refractivity contribution in [3.63, 3.8) is 0 Å². The van der Waals surface area contributed by atoms with Crippen LogP contribution in [0.5, 0.6) is 5.75 Å². The zero-order valence-electron chi connectivity index (χ0n) is 43.0. The summed E-state index contributed by atoms with van der Waals surface area (Å²) in [5, 5.41) is 47.4. The smallest absolute Gasteiger partial charge is 0.305 e. The minimum atomic E-state index is -1.72. The number of carboxylic acids is 2. The average Bonchev–Trinajstić information content (AvgIpc) is 3.87. The summed E-state index contributed by atoms with van der Waals surface area (Å²) in [5.41, 5.74) is 14.4. The number of aromatic hydroxyl groups is 1. The summed E-state index contributed by atoms with van der Waals surface area (Å²) in [5.74, 6) is -11.0. The Bertz CT molecular complexity index is 2900. The number of amides is 8. The summed E-state index contributed by atoms with van der Waals surface area (Å²) in [6.07, 6.45) is 0.576. The van der Waals surface area contributed by atoms with Crippen LogP contribution < -0.4 is 48.7 Å². The number of hydrogen-bond donors (Lipinski definition) is 13. The molecule has 0 unspecified atom stereocenters. The highest BCUT2D eigenvalue weighted by molar-refractivity contribution is 5.98. The van der Waals surface area contributed by atoms with Crippen LogP contribution in [-0.4, -0.2) is 128 Å². The van der Waals surface area contributed by atoms with E-state index < -0.39 is 127 Å². The number of aromatic nitrogens is 1. The zero-order chi connectivity index (χ0) is 56.9. The first-order valence-electron chi connectivity index (χ1n) is 25.2. The van der Waals surface area contributed by atoms with E-state index in [-0.39, 0.29) is 31.4 Å². The molecule has 0 saturated carbocycles. The van der Waals surface area contributed by atoms with Crippen LogP contribution in [0.15, 0.2) is 115 Å². The first-order valence-corrected chi connectivity index (χ1v) is 25.2. The van der Waals surface area contributed by atoms with Gasteiger partial charge in [-0.2, -0.15) is 0 Å². The lowest BCUT2D eigenvalue weighted by Gasteiger charge is -2.28. The third-order valence-corrected chi connectivity index (χ3v) is 12.8. The van der Waals surface area contributed by atoms with E-state index in [1.54, 1.807) is 98.0 Å². The molecule has 23 heteroatoms. The lowest BCUT2D eigenvalue weighted by Crippen LogP contribution is -2.59. The van der Waals surface area contributed by atoms with E-state index >= 15 is 0 Å². The molecule has 0 aliphatic heterocycles. The van der Waals surface area contributed by atoms with E-state index in [0.717, 1.165) is 0 Å². The highest BCUT2D eigenvalue weighted by Gasteiger charge is 2.35. The second-order valence-corrected chi connectivity index (χ2v) is 18.7. The number of hydrogen-bond acceptors (Lipinski definition) is 12. The number of carbonyl (C=O) groups is 10. The van der Waals surface area contributed by atoms with Crippen molar-refractivity contribution >= 4 is 70.1 Å². The topological polar surface area (TPSA) is 383 Å². The Morgan fingerprint density at radius 3 is 1.73 bits per heavy atom. The van der Waals surface area contributed by atoms with Gasteiger partial charge in [0, 0.05) is 42.3 Å². The third-order valence-electron chi connectivity index (χ3n) is 12.8. The van der Waals surface area contributed by atoms with Crippen molar-refractivity contribution in [2.24, 2.45) is 11.5 Å². The van der Waals surface area contributed by atoms with Gasteiger partial charge in [0.1, 0.15) is 42.0 Å². The van der Waals surface area contributed by atoms with Crippen LogP contribution >= 0.6 is 0 Å². The lowest BCUT2D eigenvalue weighted by molar-refractivity contribution is -0.141. The fourth-order valence-electron chi connectivity index (χ4n) is 8.46. The molecule has 4 aromatic carbocycles. The summed E-state index contributed by atoms with van der Waals surface area (Å²) >= 11 is 0. The Kier molecular flexibility index (Phi) is 22.4. The fraction of sp³-hybridized carbons (Fsp3) is 0.345. The number of primary amides is 1. The van der Waals surface area contributed by atoms with Gasteiger partial charge in [-0.3, -0.25) is 47.9 Å². The molecule has 0 aliphatic rings. The maximum atomic E-state index is 14.5. The van der Waals surface area contributed by atoms with E-state index in [4.69, 9.17) is 11.5 Å². The second kappa shape index (κ2) is 29.3. The number of aliphatic carboxylic acids is 2. The number of carbonyl (C=O) groups excluding carboxylic acids is 8. The van der Waals surface area contributed by atoms with Gasteiger partial charge in [-0.15, -0.1) is 0 Å². The van der Waals surface area contributed by atoms with E-state index in [0.29, 0.717) is 46.0 Å². The quantitative estimate of drug-likeness (QED) is 0.0301. The Balaban J connectivity index is 1.37. The van der Waals surface area contributed by atoms with Gasteiger partial charge in [-0.1, -0.05) is 118 Å². The molecule has 1 heterocycles. The van der Waals surface area contributed by atoms with E-state index in [1.807, 2.05) is 6.92 Å². The number of H-pyrrole nitrogens is 1. The van der Waals surface area contributed by atoms with Crippen LogP contribution in [0.4, 0.5) is 0 Å². The molecule has 78 heavy (non-hydrogen) atoms. The molecule has 0 bridgehead atoms. The second-order valence-electron chi connectivity index (χ2n) is 18.7. The molecule has 5 rings (SSSR count). The van der Waals surface area contributed by atoms with Gasteiger partial charge in [0.2, 0.25) is 47.3 Å². The number of para-hydroxylation sites is 1. The SMILES string of the molecule is CCCC[C@H](NC(=O)[C@H](Cc1c[nH]c2ccccc12)NC(=O)CNC(=O)[C@@H](NC(=O)[C@H](Cc1ccc(O)cc1)NC(=O)[C@@H](N)CC(=O)O)[C@H](C)c1ccccc1)C(=O)N[C@@H](CC(=O)O)C(=O)N[C@@H](Cc1ccccc1)C(N)=O. The van der Waals surface area contributed by atoms with Crippen LogP contribution in [0.25, 0.3) is 10.9 Å². The number of fused-ring (bicyclic) bond motifs is 1. The number of nitrogens with two attached hydrogens (primary N) is 2. The van der Waals surface area contributed by atoms with E-state index in [9.17, 15) is 63.3 Å². The summed E-state index contributed by atoms with van der Waals surface area (Å²) < 4.78 is 0. The Hall–Kier alpha value is -9.12. The number of carboxylic acid groups (broad SMARTS) is 2. The van der Waals surface area contributed by atoms with Crippen molar-refractivity contribution in [2.75, 3.05) is 6.54 Å².